The van der Waals surface area contributed by atoms with Gasteiger partial charge in [-0.15, -0.1) is 0 Å². The third-order valence-corrected chi connectivity index (χ3v) is 19.3. The zero-order chi connectivity index (χ0) is 56.7. The summed E-state index contributed by atoms with van der Waals surface area (Å²) in [6, 6.07) is 0. The van der Waals surface area contributed by atoms with E-state index in [9.17, 15) is 0 Å². The van der Waals surface area contributed by atoms with E-state index in [1.807, 2.05) is 0 Å². The molecule has 0 N–H and O–H groups in total. The summed E-state index contributed by atoms with van der Waals surface area (Å²) < 4.78 is 6.94. The fourth-order valence-electron chi connectivity index (χ4n) is 13.9. The fraction of sp³-hybridized carbons (Fsp3) is 0.987. The first kappa shape index (κ1) is 77.5. The van der Waals surface area contributed by atoms with Crippen LogP contribution in [0.4, 0.5) is 0 Å². The van der Waals surface area contributed by atoms with Gasteiger partial charge in [-0.25, -0.2) is 0 Å². The summed E-state index contributed by atoms with van der Waals surface area (Å²) in [5.74, 6) is 0.285. The van der Waals surface area contributed by atoms with Gasteiger partial charge in [0.15, 0.2) is 0 Å². The number of carbonyl (C=O) groups is 1. The van der Waals surface area contributed by atoms with Crippen LogP contribution in [0.2, 0.25) is 0 Å². The Morgan fingerprint density at radius 3 is 0.551 bits per heavy atom. The lowest BCUT2D eigenvalue weighted by Crippen LogP contribution is -2.49. The van der Waals surface area contributed by atoms with Gasteiger partial charge in [0, 0.05) is 0 Å². The molecule has 0 bridgehead atoms. The van der Waals surface area contributed by atoms with Crippen LogP contribution in [0.1, 0.15) is 465 Å². The lowest BCUT2D eigenvalue weighted by Gasteiger charge is -2.51. The van der Waals surface area contributed by atoms with Gasteiger partial charge in [0.1, 0.15) is 0 Å². The number of hydrogen-bond donors (Lipinski definition) is 0. The van der Waals surface area contributed by atoms with Gasteiger partial charge in [-0.05, 0) is 43.9 Å². The van der Waals surface area contributed by atoms with Crippen LogP contribution < -0.4 is 0 Å². The van der Waals surface area contributed by atoms with Gasteiger partial charge >= 0.3 is 5.97 Å². The summed E-state index contributed by atoms with van der Waals surface area (Å²) in [5, 5.41) is 0. The molecule has 0 fully saturated rings. The highest BCUT2D eigenvalue weighted by Crippen LogP contribution is 2.57. The third-order valence-electron chi connectivity index (χ3n) is 19.3. The van der Waals surface area contributed by atoms with Crippen LogP contribution in [-0.4, -0.2) is 12.6 Å². The molecule has 2 nitrogen and oxygen atoms in total. The van der Waals surface area contributed by atoms with Gasteiger partial charge < -0.3 is 4.74 Å². The van der Waals surface area contributed by atoms with Crippen LogP contribution in [0.5, 0.6) is 0 Å². The molecule has 0 rings (SSSR count). The standard InChI is InChI=1S/C76H152O2/c1-7-13-19-25-31-37-43-46-52-58-64-70-75(68-62-56-50-44-38-32-26-20-14-8-2,69-63-57-51-45-39-33-27-21-15-9-3)76(71-65-59-53-47-40-34-28-22-16-10-4,72-66-60-54-48-41-35-29-23-17-11-5)74(77)78-73-67-61-55-49-42-36-30-24-18-12-6/h7-73H2,1-6H3. The van der Waals surface area contributed by atoms with Crippen molar-refractivity contribution in [2.75, 3.05) is 6.61 Å². The maximum atomic E-state index is 16.0. The van der Waals surface area contributed by atoms with Crippen molar-refractivity contribution >= 4 is 5.97 Å². The van der Waals surface area contributed by atoms with Gasteiger partial charge in [0.25, 0.3) is 0 Å². The Balaban J connectivity index is 6.94. The molecule has 0 saturated carbocycles. The first-order chi connectivity index (χ1) is 38.5. The molecule has 0 aromatic heterocycles. The molecule has 0 radical (unpaired) electrons. The maximum absolute atomic E-state index is 16.0. The molecule has 468 valence electrons. The van der Waals surface area contributed by atoms with Crippen LogP contribution in [0.15, 0.2) is 0 Å². The van der Waals surface area contributed by atoms with E-state index in [-0.39, 0.29) is 16.8 Å². The maximum Gasteiger partial charge on any atom is 0.312 e. The lowest BCUT2D eigenvalue weighted by atomic mass is 9.53. The van der Waals surface area contributed by atoms with Gasteiger partial charge in [-0.3, -0.25) is 4.79 Å². The molecule has 0 aliphatic heterocycles. The molecule has 0 heterocycles. The molecule has 2 heteroatoms. The van der Waals surface area contributed by atoms with E-state index >= 15 is 4.79 Å². The Labute approximate surface area is 495 Å². The molecule has 0 amide bonds. The summed E-state index contributed by atoms with van der Waals surface area (Å²) >= 11 is 0. The van der Waals surface area contributed by atoms with Crippen LogP contribution in [0, 0.1) is 10.8 Å². The second kappa shape index (κ2) is 64.0. The summed E-state index contributed by atoms with van der Waals surface area (Å²) in [6.45, 7) is 14.7. The number of ether oxygens (including phenoxy) is 1. The van der Waals surface area contributed by atoms with Crippen molar-refractivity contribution in [3.05, 3.63) is 0 Å². The number of hydrogen-bond acceptors (Lipinski definition) is 2. The summed E-state index contributed by atoms with van der Waals surface area (Å²) in [4.78, 5) is 16.0. The molecule has 0 aromatic rings. The van der Waals surface area contributed by atoms with Crippen molar-refractivity contribution < 1.29 is 9.53 Å². The smallest absolute Gasteiger partial charge is 0.312 e. The van der Waals surface area contributed by atoms with Crippen LogP contribution in [0.25, 0.3) is 0 Å². The topological polar surface area (TPSA) is 26.3 Å². The van der Waals surface area contributed by atoms with Crippen LogP contribution in [0.3, 0.4) is 0 Å². The fourth-order valence-corrected chi connectivity index (χ4v) is 13.9. The molecular formula is C76H152O2. The van der Waals surface area contributed by atoms with Crippen molar-refractivity contribution in [2.24, 2.45) is 10.8 Å². The first-order valence-electron chi connectivity index (χ1n) is 37.7. The van der Waals surface area contributed by atoms with E-state index in [1.165, 1.54) is 405 Å². The molecule has 0 unspecified atom stereocenters. The van der Waals surface area contributed by atoms with E-state index < -0.39 is 0 Å². The number of rotatable bonds is 69. The van der Waals surface area contributed by atoms with Crippen molar-refractivity contribution in [1.29, 1.82) is 0 Å². The molecule has 78 heavy (non-hydrogen) atoms. The monoisotopic (exact) mass is 1100 g/mol. The largest absolute Gasteiger partial charge is 0.465 e. The highest BCUT2D eigenvalue weighted by molar-refractivity contribution is 5.78. The molecule has 0 spiro atoms. The average molecular weight is 1100 g/mol. The predicted molar refractivity (Wildman–Crippen MR) is 355 cm³/mol. The van der Waals surface area contributed by atoms with E-state index in [0.717, 1.165) is 19.3 Å². The second-order valence-electron chi connectivity index (χ2n) is 26.7. The Morgan fingerprint density at radius 1 is 0.205 bits per heavy atom. The lowest BCUT2D eigenvalue weighted by molar-refractivity contribution is -0.171. The number of unbranched alkanes of at least 4 members (excludes halogenated alkanes) is 55. The van der Waals surface area contributed by atoms with Crippen molar-refractivity contribution in [2.45, 2.75) is 465 Å². The zero-order valence-corrected chi connectivity index (χ0v) is 55.7. The van der Waals surface area contributed by atoms with Gasteiger partial charge in [-0.2, -0.15) is 0 Å². The zero-order valence-electron chi connectivity index (χ0n) is 55.7. The van der Waals surface area contributed by atoms with Gasteiger partial charge in [0.2, 0.25) is 0 Å². The Hall–Kier alpha value is -0.530. The quantitative estimate of drug-likeness (QED) is 0.0448. The Morgan fingerprint density at radius 2 is 0.359 bits per heavy atom. The average Bonchev–Trinajstić information content (AvgIpc) is 3.49. The van der Waals surface area contributed by atoms with E-state index in [1.54, 1.807) is 0 Å². The number of carbonyl (C=O) groups excluding carboxylic acids is 1. The minimum atomic E-state index is -0.344. The Bertz CT molecular complexity index is 1060. The van der Waals surface area contributed by atoms with E-state index in [4.69, 9.17) is 4.74 Å². The van der Waals surface area contributed by atoms with Crippen LogP contribution in [-0.2, 0) is 9.53 Å². The minimum Gasteiger partial charge on any atom is -0.465 e. The SMILES string of the molecule is CCCCCCCCCCCCCC(CCCCCCCCCCCC)(CCCCCCCCCCCC)C(CCCCCCCCCCCC)(CCCCCCCCCCCC)C(=O)OCCCCCCCCCCCC. The van der Waals surface area contributed by atoms with E-state index in [0.29, 0.717) is 6.61 Å². The van der Waals surface area contributed by atoms with Crippen molar-refractivity contribution in [1.82, 2.24) is 0 Å². The van der Waals surface area contributed by atoms with Crippen molar-refractivity contribution in [3.8, 4) is 0 Å². The minimum absolute atomic E-state index is 0.0556. The van der Waals surface area contributed by atoms with Crippen molar-refractivity contribution in [3.63, 3.8) is 0 Å². The molecule has 0 aromatic carbocycles. The third kappa shape index (κ3) is 47.9. The molecule has 0 aliphatic carbocycles. The Kier molecular flexibility index (Phi) is 63.6. The van der Waals surface area contributed by atoms with Gasteiger partial charge in [-0.1, -0.05) is 427 Å². The molecule has 0 saturated heterocycles. The van der Waals surface area contributed by atoms with E-state index in [2.05, 4.69) is 41.5 Å². The first-order valence-corrected chi connectivity index (χ1v) is 37.7. The number of esters is 1. The summed E-state index contributed by atoms with van der Waals surface area (Å²) in [6.07, 6.45) is 89.6. The molecule has 0 atom stereocenters. The summed E-state index contributed by atoms with van der Waals surface area (Å²) in [7, 11) is 0. The van der Waals surface area contributed by atoms with Crippen LogP contribution >= 0.6 is 0 Å². The van der Waals surface area contributed by atoms with Gasteiger partial charge in [0.05, 0.1) is 12.0 Å². The summed E-state index contributed by atoms with van der Waals surface area (Å²) in [5.41, 5.74) is -0.289. The highest BCUT2D eigenvalue weighted by Gasteiger charge is 2.55. The molecular weight excluding hydrogens is 945 g/mol. The highest BCUT2D eigenvalue weighted by atomic mass is 16.5. The predicted octanol–water partition coefficient (Wildman–Crippen LogP) is 28.4. The normalized spacial score (nSPS) is 12.1. The molecule has 0 aliphatic rings. The second-order valence-corrected chi connectivity index (χ2v) is 26.7.